The Bertz CT molecular complexity index is 529. The summed E-state index contributed by atoms with van der Waals surface area (Å²) in [5, 5.41) is 1.25. The summed E-state index contributed by atoms with van der Waals surface area (Å²) in [4.78, 5) is 4.52. The Hall–Kier alpha value is -1.41. The predicted molar refractivity (Wildman–Crippen MR) is 73.0 cm³/mol. The molecule has 90 valence electrons. The molecule has 0 amide bonds. The van der Waals surface area contributed by atoms with E-state index in [2.05, 4.69) is 50.0 Å². The van der Waals surface area contributed by atoms with Gasteiger partial charge in [-0.15, -0.1) is 0 Å². The fourth-order valence-corrected chi connectivity index (χ4v) is 2.11. The second-order valence-electron chi connectivity index (χ2n) is 5.49. The fraction of sp³-hybridized carbons (Fsp3) is 0.400. The van der Waals surface area contributed by atoms with Crippen molar-refractivity contribution < 1.29 is 0 Å². The number of nitrogens with two attached hydrogens (primary N) is 1. The molecule has 0 saturated heterocycles. The molecule has 2 aromatic rings. The molecule has 0 saturated carbocycles. The Morgan fingerprint density at radius 1 is 1.24 bits per heavy atom. The van der Waals surface area contributed by atoms with Gasteiger partial charge in [0.1, 0.15) is 0 Å². The molecule has 0 aliphatic carbocycles. The highest BCUT2D eigenvalue weighted by Crippen LogP contribution is 2.26. The number of para-hydroxylation sites is 1. The van der Waals surface area contributed by atoms with Gasteiger partial charge in [-0.05, 0) is 42.5 Å². The molecular formula is C15H20N2. The van der Waals surface area contributed by atoms with E-state index in [0.29, 0.717) is 6.54 Å². The van der Waals surface area contributed by atoms with Crippen LogP contribution in [0.15, 0.2) is 30.5 Å². The molecule has 0 aliphatic heterocycles. The van der Waals surface area contributed by atoms with Crippen molar-refractivity contribution in [1.29, 1.82) is 0 Å². The highest BCUT2D eigenvalue weighted by molar-refractivity contribution is 5.84. The van der Waals surface area contributed by atoms with E-state index < -0.39 is 0 Å². The average molecular weight is 228 g/mol. The number of nitrogens with zero attached hydrogens (tertiary/aromatic N) is 1. The lowest BCUT2D eigenvalue weighted by atomic mass is 9.85. The summed E-state index contributed by atoms with van der Waals surface area (Å²) in [6.45, 7) is 7.21. The van der Waals surface area contributed by atoms with E-state index in [0.717, 1.165) is 11.9 Å². The van der Waals surface area contributed by atoms with E-state index in [4.69, 9.17) is 5.73 Å². The Morgan fingerprint density at radius 3 is 2.71 bits per heavy atom. The second kappa shape index (κ2) is 4.46. The van der Waals surface area contributed by atoms with Crippen LogP contribution >= 0.6 is 0 Å². The van der Waals surface area contributed by atoms with Crippen LogP contribution in [0.4, 0.5) is 0 Å². The molecule has 0 aliphatic rings. The maximum atomic E-state index is 5.81. The molecule has 0 bridgehead atoms. The number of pyridine rings is 1. The molecule has 2 nitrogen and oxygen atoms in total. The van der Waals surface area contributed by atoms with E-state index in [9.17, 15) is 0 Å². The molecule has 2 rings (SSSR count). The van der Waals surface area contributed by atoms with Gasteiger partial charge < -0.3 is 5.73 Å². The molecule has 0 fully saturated rings. The summed E-state index contributed by atoms with van der Waals surface area (Å²) in [6, 6.07) is 8.46. The van der Waals surface area contributed by atoms with Crippen molar-refractivity contribution >= 4 is 10.9 Å². The number of hydrogen-bond donors (Lipinski definition) is 1. The number of aromatic nitrogens is 1. The third-order valence-electron chi connectivity index (χ3n) is 3.29. The molecule has 2 heteroatoms. The quantitative estimate of drug-likeness (QED) is 0.876. The fourth-order valence-electron chi connectivity index (χ4n) is 2.11. The summed E-state index contributed by atoms with van der Waals surface area (Å²) in [6.07, 6.45) is 2.86. The molecule has 0 atom stereocenters. The minimum Gasteiger partial charge on any atom is -0.330 e. The maximum Gasteiger partial charge on any atom is 0.0736 e. The van der Waals surface area contributed by atoms with Gasteiger partial charge in [-0.25, -0.2) is 0 Å². The minimum absolute atomic E-state index is 0.125. The van der Waals surface area contributed by atoms with Gasteiger partial charge in [-0.1, -0.05) is 32.0 Å². The van der Waals surface area contributed by atoms with Gasteiger partial charge in [0, 0.05) is 11.6 Å². The van der Waals surface area contributed by atoms with Gasteiger partial charge in [0.05, 0.1) is 5.52 Å². The first kappa shape index (κ1) is 12.1. The number of aryl methyl sites for hydroxylation is 1. The van der Waals surface area contributed by atoms with Crippen molar-refractivity contribution in [3.8, 4) is 0 Å². The standard InChI is InChI=1S/C15H20N2/c1-11-7-8-17-14-12(5-4-6-13(11)14)9-15(2,3)10-16/h4-8H,9-10,16H2,1-3H3. The zero-order valence-corrected chi connectivity index (χ0v) is 10.8. The van der Waals surface area contributed by atoms with Gasteiger partial charge in [0.15, 0.2) is 0 Å². The van der Waals surface area contributed by atoms with E-state index in [1.54, 1.807) is 0 Å². The predicted octanol–water partition coefficient (Wildman–Crippen LogP) is 3.07. The Kier molecular flexibility index (Phi) is 3.16. The molecule has 2 N–H and O–H groups in total. The van der Waals surface area contributed by atoms with Gasteiger partial charge >= 0.3 is 0 Å². The third kappa shape index (κ3) is 2.47. The Balaban J connectivity index is 2.52. The van der Waals surface area contributed by atoms with Crippen LogP contribution in [0.5, 0.6) is 0 Å². The molecule has 0 radical (unpaired) electrons. The largest absolute Gasteiger partial charge is 0.330 e. The van der Waals surface area contributed by atoms with Gasteiger partial charge in [-0.3, -0.25) is 4.98 Å². The number of fused-ring (bicyclic) bond motifs is 1. The van der Waals surface area contributed by atoms with Crippen LogP contribution in [0, 0.1) is 12.3 Å². The lowest BCUT2D eigenvalue weighted by Crippen LogP contribution is -2.26. The second-order valence-corrected chi connectivity index (χ2v) is 5.49. The van der Waals surface area contributed by atoms with Crippen molar-refractivity contribution in [2.24, 2.45) is 11.1 Å². The van der Waals surface area contributed by atoms with Crippen molar-refractivity contribution in [2.45, 2.75) is 27.2 Å². The van der Waals surface area contributed by atoms with Crippen LogP contribution in [0.2, 0.25) is 0 Å². The smallest absolute Gasteiger partial charge is 0.0736 e. The topological polar surface area (TPSA) is 38.9 Å². The van der Waals surface area contributed by atoms with Crippen LogP contribution < -0.4 is 5.73 Å². The summed E-state index contributed by atoms with van der Waals surface area (Å²) in [5.74, 6) is 0. The van der Waals surface area contributed by atoms with Crippen LogP contribution in [0.25, 0.3) is 10.9 Å². The Labute approximate surface area is 103 Å². The average Bonchev–Trinajstić information content (AvgIpc) is 2.30. The summed E-state index contributed by atoms with van der Waals surface area (Å²) >= 11 is 0. The van der Waals surface area contributed by atoms with E-state index in [1.807, 2.05) is 6.20 Å². The first-order valence-electron chi connectivity index (χ1n) is 6.07. The van der Waals surface area contributed by atoms with Gasteiger partial charge in [0.25, 0.3) is 0 Å². The van der Waals surface area contributed by atoms with Crippen LogP contribution in [-0.2, 0) is 6.42 Å². The van der Waals surface area contributed by atoms with Crippen LogP contribution in [-0.4, -0.2) is 11.5 Å². The SMILES string of the molecule is Cc1ccnc2c(CC(C)(C)CN)cccc12. The van der Waals surface area contributed by atoms with E-state index in [1.165, 1.54) is 16.5 Å². The van der Waals surface area contributed by atoms with Crippen LogP contribution in [0.3, 0.4) is 0 Å². The highest BCUT2D eigenvalue weighted by Gasteiger charge is 2.18. The molecule has 17 heavy (non-hydrogen) atoms. The van der Waals surface area contributed by atoms with Crippen molar-refractivity contribution in [2.75, 3.05) is 6.54 Å². The summed E-state index contributed by atoms with van der Waals surface area (Å²) in [5.41, 5.74) is 9.63. The lowest BCUT2D eigenvalue weighted by Gasteiger charge is -2.23. The van der Waals surface area contributed by atoms with Crippen molar-refractivity contribution in [3.05, 3.63) is 41.6 Å². The van der Waals surface area contributed by atoms with Crippen molar-refractivity contribution in [1.82, 2.24) is 4.98 Å². The minimum atomic E-state index is 0.125. The van der Waals surface area contributed by atoms with Gasteiger partial charge in [0.2, 0.25) is 0 Å². The van der Waals surface area contributed by atoms with Crippen molar-refractivity contribution in [3.63, 3.8) is 0 Å². The first-order valence-corrected chi connectivity index (χ1v) is 6.07. The monoisotopic (exact) mass is 228 g/mol. The zero-order valence-electron chi connectivity index (χ0n) is 10.8. The molecule has 0 unspecified atom stereocenters. The summed E-state index contributed by atoms with van der Waals surface area (Å²) in [7, 11) is 0. The Morgan fingerprint density at radius 2 is 2.00 bits per heavy atom. The van der Waals surface area contributed by atoms with E-state index >= 15 is 0 Å². The summed E-state index contributed by atoms with van der Waals surface area (Å²) < 4.78 is 0. The zero-order chi connectivity index (χ0) is 12.5. The normalized spacial score (nSPS) is 12.0. The molecule has 0 spiro atoms. The van der Waals surface area contributed by atoms with Crippen LogP contribution in [0.1, 0.15) is 25.0 Å². The number of rotatable bonds is 3. The molecule has 1 aromatic heterocycles. The number of benzene rings is 1. The third-order valence-corrected chi connectivity index (χ3v) is 3.29. The first-order chi connectivity index (χ1) is 8.03. The molecular weight excluding hydrogens is 208 g/mol. The molecule has 1 aromatic carbocycles. The highest BCUT2D eigenvalue weighted by atomic mass is 14.7. The maximum absolute atomic E-state index is 5.81. The van der Waals surface area contributed by atoms with E-state index in [-0.39, 0.29) is 5.41 Å². The molecule has 1 heterocycles. The van der Waals surface area contributed by atoms with Gasteiger partial charge in [-0.2, -0.15) is 0 Å². The lowest BCUT2D eigenvalue weighted by molar-refractivity contribution is 0.378. The number of hydrogen-bond acceptors (Lipinski definition) is 2.